The maximum atomic E-state index is 12.3. The second-order valence-corrected chi connectivity index (χ2v) is 4.86. The number of rotatable bonds is 3. The van der Waals surface area contributed by atoms with Gasteiger partial charge in [0.1, 0.15) is 11.6 Å². The lowest BCUT2D eigenvalue weighted by molar-refractivity contribution is 0.0735. The summed E-state index contributed by atoms with van der Waals surface area (Å²) in [6, 6.07) is 19.9. The van der Waals surface area contributed by atoms with Gasteiger partial charge in [0, 0.05) is 5.56 Å². The fourth-order valence-corrected chi connectivity index (χ4v) is 2.29. The van der Waals surface area contributed by atoms with Gasteiger partial charge in [0.2, 0.25) is 0 Å². The second-order valence-electron chi connectivity index (χ2n) is 4.86. The van der Waals surface area contributed by atoms with Gasteiger partial charge in [-0.15, -0.1) is 0 Å². The van der Waals surface area contributed by atoms with Gasteiger partial charge in [-0.1, -0.05) is 48.5 Å². The molecule has 3 N–H and O–H groups in total. The van der Waals surface area contributed by atoms with E-state index in [1.165, 1.54) is 0 Å². The van der Waals surface area contributed by atoms with Gasteiger partial charge in [-0.2, -0.15) is 0 Å². The molecule has 0 amide bonds. The number of hydrogen-bond acceptors (Lipinski definition) is 3. The highest BCUT2D eigenvalue weighted by atomic mass is 16.5. The summed E-state index contributed by atoms with van der Waals surface area (Å²) in [7, 11) is 0. The average Bonchev–Trinajstić information content (AvgIpc) is 2.54. The van der Waals surface area contributed by atoms with Gasteiger partial charge >= 0.3 is 5.97 Å². The molecule has 4 heteroatoms. The highest BCUT2D eigenvalue weighted by Gasteiger charge is 2.15. The van der Waals surface area contributed by atoms with E-state index in [9.17, 15) is 4.79 Å². The number of nitrogen functional groups attached to an aromatic ring is 1. The highest BCUT2D eigenvalue weighted by Crippen LogP contribution is 2.22. The van der Waals surface area contributed by atoms with Crippen LogP contribution in [0.4, 0.5) is 0 Å². The quantitative estimate of drug-likeness (QED) is 0.336. The van der Waals surface area contributed by atoms with Crippen molar-refractivity contribution >= 4 is 22.6 Å². The van der Waals surface area contributed by atoms with Crippen LogP contribution in [0.5, 0.6) is 5.75 Å². The molecule has 0 aromatic heterocycles. The molecule has 3 rings (SSSR count). The number of nitrogens with two attached hydrogens (primary N) is 1. The minimum atomic E-state index is -0.527. The number of ether oxygens (including phenoxy) is 1. The molecule has 3 aromatic carbocycles. The summed E-state index contributed by atoms with van der Waals surface area (Å²) in [4.78, 5) is 12.3. The van der Waals surface area contributed by atoms with Gasteiger partial charge in [-0.25, -0.2) is 4.79 Å². The molecule has 0 aliphatic heterocycles. The Morgan fingerprint density at radius 1 is 0.864 bits per heavy atom. The fourth-order valence-electron chi connectivity index (χ4n) is 2.29. The van der Waals surface area contributed by atoms with Crippen LogP contribution in [-0.4, -0.2) is 11.8 Å². The summed E-state index contributed by atoms with van der Waals surface area (Å²) in [6.45, 7) is 0. The van der Waals surface area contributed by atoms with Crippen molar-refractivity contribution in [3.05, 3.63) is 77.9 Å². The van der Waals surface area contributed by atoms with Crippen LogP contribution in [0.3, 0.4) is 0 Å². The maximum Gasteiger partial charge on any atom is 0.344 e. The molecule has 3 aromatic rings. The zero-order valence-electron chi connectivity index (χ0n) is 11.7. The number of benzene rings is 3. The predicted octanol–water partition coefficient (Wildman–Crippen LogP) is 3.34. The van der Waals surface area contributed by atoms with E-state index in [1.54, 1.807) is 30.3 Å². The average molecular weight is 290 g/mol. The zero-order valence-corrected chi connectivity index (χ0v) is 11.7. The Kier molecular flexibility index (Phi) is 3.58. The monoisotopic (exact) mass is 290 g/mol. The van der Waals surface area contributed by atoms with Crippen LogP contribution in [-0.2, 0) is 0 Å². The first-order chi connectivity index (χ1) is 10.6. The SMILES string of the molecule is N=C(N)c1ccccc1C(=O)Oc1ccc2ccccc2c1. The molecule has 0 saturated carbocycles. The Morgan fingerprint density at radius 2 is 1.50 bits per heavy atom. The fraction of sp³-hybridized carbons (Fsp3) is 0. The predicted molar refractivity (Wildman–Crippen MR) is 86.4 cm³/mol. The van der Waals surface area contributed by atoms with Crippen molar-refractivity contribution in [2.75, 3.05) is 0 Å². The normalized spacial score (nSPS) is 10.4. The molecule has 108 valence electrons. The van der Waals surface area contributed by atoms with E-state index in [4.69, 9.17) is 15.9 Å². The van der Waals surface area contributed by atoms with E-state index < -0.39 is 5.97 Å². The summed E-state index contributed by atoms with van der Waals surface area (Å²) in [5, 5.41) is 9.60. The van der Waals surface area contributed by atoms with Crippen molar-refractivity contribution in [1.82, 2.24) is 0 Å². The molecule has 22 heavy (non-hydrogen) atoms. The number of fused-ring (bicyclic) bond motifs is 1. The van der Waals surface area contributed by atoms with Crippen LogP contribution >= 0.6 is 0 Å². The molecular weight excluding hydrogens is 276 g/mol. The molecule has 0 bridgehead atoms. The first-order valence-electron chi connectivity index (χ1n) is 6.79. The summed E-state index contributed by atoms with van der Waals surface area (Å²) in [5.41, 5.74) is 6.15. The van der Waals surface area contributed by atoms with Crippen molar-refractivity contribution in [1.29, 1.82) is 5.41 Å². The first-order valence-corrected chi connectivity index (χ1v) is 6.79. The summed E-state index contributed by atoms with van der Waals surface area (Å²) < 4.78 is 5.41. The van der Waals surface area contributed by atoms with Gasteiger partial charge in [0.15, 0.2) is 0 Å². The largest absolute Gasteiger partial charge is 0.423 e. The van der Waals surface area contributed by atoms with Gasteiger partial charge in [0.25, 0.3) is 0 Å². The molecule has 0 spiro atoms. The lowest BCUT2D eigenvalue weighted by atomic mass is 10.1. The number of carbonyl (C=O) groups excluding carboxylic acids is 1. The molecule has 0 fully saturated rings. The van der Waals surface area contributed by atoms with Gasteiger partial charge in [-0.05, 0) is 29.0 Å². The molecule has 4 nitrogen and oxygen atoms in total. The van der Waals surface area contributed by atoms with Crippen molar-refractivity contribution in [3.63, 3.8) is 0 Å². The number of nitrogens with one attached hydrogen (secondary N) is 1. The van der Waals surface area contributed by atoms with Crippen molar-refractivity contribution in [3.8, 4) is 5.75 Å². The summed E-state index contributed by atoms with van der Waals surface area (Å²) in [6.07, 6.45) is 0. The lowest BCUT2D eigenvalue weighted by Gasteiger charge is -2.09. The Hall–Kier alpha value is -3.14. The van der Waals surface area contributed by atoms with Crippen LogP contribution in [0.25, 0.3) is 10.8 Å². The molecule has 0 atom stereocenters. The third-order valence-electron chi connectivity index (χ3n) is 3.37. The maximum absolute atomic E-state index is 12.3. The van der Waals surface area contributed by atoms with Crippen molar-refractivity contribution in [2.24, 2.45) is 5.73 Å². The van der Waals surface area contributed by atoms with Gasteiger partial charge in [-0.3, -0.25) is 5.41 Å². The summed E-state index contributed by atoms with van der Waals surface area (Å²) >= 11 is 0. The lowest BCUT2D eigenvalue weighted by Crippen LogP contribution is -2.18. The van der Waals surface area contributed by atoms with E-state index >= 15 is 0 Å². The minimum Gasteiger partial charge on any atom is -0.423 e. The van der Waals surface area contributed by atoms with Crippen LogP contribution in [0.1, 0.15) is 15.9 Å². The van der Waals surface area contributed by atoms with E-state index in [-0.39, 0.29) is 11.4 Å². The molecular formula is C18H14N2O2. The number of esters is 1. The third-order valence-corrected chi connectivity index (χ3v) is 3.37. The standard InChI is InChI=1S/C18H14N2O2/c19-17(20)15-7-3-4-8-16(15)18(21)22-14-10-9-12-5-1-2-6-13(12)11-14/h1-11H,(H3,19,20). The first kappa shape index (κ1) is 13.8. The summed E-state index contributed by atoms with van der Waals surface area (Å²) in [5.74, 6) is -0.228. The minimum absolute atomic E-state index is 0.161. The molecule has 0 unspecified atom stereocenters. The molecule has 0 aliphatic rings. The van der Waals surface area contributed by atoms with Gasteiger partial charge < -0.3 is 10.5 Å². The van der Waals surface area contributed by atoms with Crippen molar-refractivity contribution < 1.29 is 9.53 Å². The molecule has 0 radical (unpaired) electrons. The Morgan fingerprint density at radius 3 is 2.23 bits per heavy atom. The van der Waals surface area contributed by atoms with Crippen LogP contribution in [0.2, 0.25) is 0 Å². The third kappa shape index (κ3) is 2.67. The second kappa shape index (κ2) is 5.69. The number of carbonyl (C=O) groups is 1. The molecule has 0 aliphatic carbocycles. The highest BCUT2D eigenvalue weighted by molar-refractivity contribution is 6.06. The van der Waals surface area contributed by atoms with E-state index in [0.717, 1.165) is 10.8 Å². The van der Waals surface area contributed by atoms with E-state index in [0.29, 0.717) is 11.3 Å². The molecule has 0 heterocycles. The zero-order chi connectivity index (χ0) is 15.5. The number of hydrogen-bond donors (Lipinski definition) is 2. The van der Waals surface area contributed by atoms with E-state index in [1.807, 2.05) is 36.4 Å². The van der Waals surface area contributed by atoms with Crippen LogP contribution in [0.15, 0.2) is 66.7 Å². The van der Waals surface area contributed by atoms with Crippen LogP contribution in [0, 0.1) is 5.41 Å². The van der Waals surface area contributed by atoms with Gasteiger partial charge in [0.05, 0.1) is 5.56 Å². The van der Waals surface area contributed by atoms with Crippen molar-refractivity contribution in [2.45, 2.75) is 0 Å². The van der Waals surface area contributed by atoms with E-state index in [2.05, 4.69) is 0 Å². The Labute approximate surface area is 127 Å². The number of amidine groups is 1. The molecule has 0 saturated heterocycles. The van der Waals surface area contributed by atoms with Crippen LogP contribution < -0.4 is 10.5 Å². The smallest absolute Gasteiger partial charge is 0.344 e. The topological polar surface area (TPSA) is 76.2 Å². The Balaban J connectivity index is 1.91. The Bertz CT molecular complexity index is 872.